The predicted molar refractivity (Wildman–Crippen MR) is 119 cm³/mol. The number of nitrogens with zero attached hydrogens (tertiary/aromatic N) is 2. The van der Waals surface area contributed by atoms with E-state index in [2.05, 4.69) is 4.98 Å². The first-order valence-electron chi connectivity index (χ1n) is 9.74. The third-order valence-electron chi connectivity index (χ3n) is 4.98. The molecule has 0 fully saturated rings. The van der Waals surface area contributed by atoms with Gasteiger partial charge in [-0.15, -0.1) is 0 Å². The van der Waals surface area contributed by atoms with Crippen LogP contribution < -0.4 is 5.73 Å². The summed E-state index contributed by atoms with van der Waals surface area (Å²) in [7, 11) is -7.74. The van der Waals surface area contributed by atoms with Crippen molar-refractivity contribution in [2.75, 3.05) is 25.4 Å². The second-order valence-electron chi connectivity index (χ2n) is 7.12. The molecule has 3 aromatic rings. The van der Waals surface area contributed by atoms with E-state index in [-0.39, 0.29) is 41.1 Å². The summed E-state index contributed by atoms with van der Waals surface area (Å²) in [4.78, 5) is 4.01. The molecule has 0 amide bonds. The van der Waals surface area contributed by atoms with E-state index in [4.69, 9.17) is 5.73 Å². The van der Waals surface area contributed by atoms with Gasteiger partial charge < -0.3 is 10.8 Å². The van der Waals surface area contributed by atoms with Gasteiger partial charge in [-0.05, 0) is 49.7 Å². The highest BCUT2D eigenvalue weighted by molar-refractivity contribution is 7.91. The molecule has 0 bridgehead atoms. The Balaban J connectivity index is 2.01. The molecule has 3 rings (SSSR count). The van der Waals surface area contributed by atoms with Gasteiger partial charge in [0, 0.05) is 30.1 Å². The second-order valence-corrected chi connectivity index (χ2v) is 11.1. The largest absolute Gasteiger partial charge is 0.493 e. The van der Waals surface area contributed by atoms with Crippen molar-refractivity contribution in [1.82, 2.24) is 9.29 Å². The number of aromatic nitrogens is 1. The number of hydrogen-bond donors (Lipinski definition) is 2. The molecule has 0 aliphatic rings. The van der Waals surface area contributed by atoms with Gasteiger partial charge in [0.2, 0.25) is 15.9 Å². The van der Waals surface area contributed by atoms with E-state index in [1.165, 1.54) is 30.5 Å². The van der Waals surface area contributed by atoms with Crippen molar-refractivity contribution < 1.29 is 21.9 Å². The topological polar surface area (TPSA) is 131 Å². The molecule has 0 atom stereocenters. The van der Waals surface area contributed by atoms with Crippen molar-refractivity contribution in [2.45, 2.75) is 23.1 Å². The maximum atomic E-state index is 13.6. The number of benzene rings is 2. The van der Waals surface area contributed by atoms with E-state index in [1.807, 2.05) is 0 Å². The number of nitrogens with two attached hydrogens (primary N) is 1. The zero-order valence-electron chi connectivity index (χ0n) is 17.1. The van der Waals surface area contributed by atoms with Crippen LogP contribution in [0.5, 0.6) is 5.88 Å². The Hall–Kier alpha value is -2.53. The summed E-state index contributed by atoms with van der Waals surface area (Å²) in [5.41, 5.74) is 6.17. The van der Waals surface area contributed by atoms with Gasteiger partial charge in [-0.1, -0.05) is 24.3 Å². The molecule has 8 nitrogen and oxygen atoms in total. The zero-order chi connectivity index (χ0) is 22.6. The van der Waals surface area contributed by atoms with Crippen LogP contribution in [0.1, 0.15) is 12.0 Å². The fraction of sp³-hybridized carbons (Fsp3) is 0.286. The Morgan fingerprint density at radius 2 is 1.71 bits per heavy atom. The Bertz CT molecular complexity index is 1280. The maximum Gasteiger partial charge on any atom is 0.243 e. The van der Waals surface area contributed by atoms with Crippen molar-refractivity contribution in [2.24, 2.45) is 5.73 Å². The first kappa shape index (κ1) is 23.1. The summed E-state index contributed by atoms with van der Waals surface area (Å²) in [6.45, 7) is 1.83. The van der Waals surface area contributed by atoms with E-state index in [9.17, 15) is 21.9 Å². The van der Waals surface area contributed by atoms with Gasteiger partial charge in [0.1, 0.15) is 0 Å². The van der Waals surface area contributed by atoms with Gasteiger partial charge in [0.25, 0.3) is 0 Å². The van der Waals surface area contributed by atoms with Crippen LogP contribution in [0.4, 0.5) is 0 Å². The third-order valence-corrected chi connectivity index (χ3v) is 8.63. The number of hydrogen-bond acceptors (Lipinski definition) is 7. The Kier molecular flexibility index (Phi) is 6.95. The predicted octanol–water partition coefficient (Wildman–Crippen LogP) is 2.06. The van der Waals surface area contributed by atoms with Gasteiger partial charge in [0.05, 0.1) is 15.5 Å². The van der Waals surface area contributed by atoms with Gasteiger partial charge in [0.15, 0.2) is 9.84 Å². The SMILES string of the molecule is Cc1cnc(O)c2cccc(S(=O)(=O)N(CCCN)CCS(=O)(=O)c3ccccc3)c12. The molecule has 0 saturated heterocycles. The van der Waals surface area contributed by atoms with Gasteiger partial charge in [-0.3, -0.25) is 0 Å². The van der Waals surface area contributed by atoms with Crippen LogP contribution >= 0.6 is 0 Å². The minimum Gasteiger partial charge on any atom is -0.493 e. The third kappa shape index (κ3) is 4.87. The first-order chi connectivity index (χ1) is 14.7. The Morgan fingerprint density at radius 1 is 1.00 bits per heavy atom. The molecule has 166 valence electrons. The number of rotatable bonds is 9. The molecule has 0 saturated carbocycles. The molecule has 0 spiro atoms. The van der Waals surface area contributed by atoms with Crippen molar-refractivity contribution in [3.63, 3.8) is 0 Å². The van der Waals surface area contributed by atoms with Crippen LogP contribution in [0, 0.1) is 6.92 Å². The van der Waals surface area contributed by atoms with Gasteiger partial charge in [-0.2, -0.15) is 4.31 Å². The lowest BCUT2D eigenvalue weighted by atomic mass is 10.1. The maximum absolute atomic E-state index is 13.6. The number of aromatic hydroxyl groups is 1. The minimum absolute atomic E-state index is 0.00525. The molecule has 31 heavy (non-hydrogen) atoms. The van der Waals surface area contributed by atoms with Crippen LogP contribution in [0.15, 0.2) is 64.5 Å². The molecule has 1 heterocycles. The standard InChI is InChI=1S/C21H25N3O5S2/c1-16-15-23-21(25)18-9-5-10-19(20(16)18)31(28,29)24(12-6-11-22)13-14-30(26,27)17-7-3-2-4-8-17/h2-5,7-10,15H,6,11-14,22H2,1H3,(H,23,25). The number of sulfone groups is 1. The molecule has 3 N–H and O–H groups in total. The summed E-state index contributed by atoms with van der Waals surface area (Å²) in [6.07, 6.45) is 1.78. The fourth-order valence-corrected chi connectivity index (χ4v) is 6.50. The Morgan fingerprint density at radius 3 is 2.39 bits per heavy atom. The minimum atomic E-state index is -4.07. The smallest absolute Gasteiger partial charge is 0.243 e. The molecular weight excluding hydrogens is 438 g/mol. The van der Waals surface area contributed by atoms with E-state index in [0.717, 1.165) is 4.31 Å². The van der Waals surface area contributed by atoms with Crippen molar-refractivity contribution in [1.29, 1.82) is 0 Å². The molecule has 2 aromatic carbocycles. The highest BCUT2D eigenvalue weighted by Gasteiger charge is 2.29. The molecule has 10 heteroatoms. The summed E-state index contributed by atoms with van der Waals surface area (Å²) >= 11 is 0. The quantitative estimate of drug-likeness (QED) is 0.497. The molecule has 0 aliphatic carbocycles. The lowest BCUT2D eigenvalue weighted by Gasteiger charge is -2.23. The van der Waals surface area contributed by atoms with Crippen LogP contribution in [0.25, 0.3) is 10.8 Å². The highest BCUT2D eigenvalue weighted by atomic mass is 32.2. The van der Waals surface area contributed by atoms with E-state index < -0.39 is 19.9 Å². The van der Waals surface area contributed by atoms with Crippen molar-refractivity contribution >= 4 is 30.6 Å². The first-order valence-corrected chi connectivity index (χ1v) is 12.8. The summed E-state index contributed by atoms with van der Waals surface area (Å²) < 4.78 is 53.7. The molecule has 0 aliphatic heterocycles. The Labute approximate surface area is 182 Å². The lowest BCUT2D eigenvalue weighted by molar-refractivity contribution is 0.423. The van der Waals surface area contributed by atoms with Crippen LogP contribution in [0.3, 0.4) is 0 Å². The van der Waals surface area contributed by atoms with Crippen LogP contribution in [-0.4, -0.2) is 56.6 Å². The molecule has 1 aromatic heterocycles. The monoisotopic (exact) mass is 463 g/mol. The van der Waals surface area contributed by atoms with Crippen LogP contribution in [0.2, 0.25) is 0 Å². The van der Waals surface area contributed by atoms with Crippen molar-refractivity contribution in [3.8, 4) is 5.88 Å². The second kappa shape index (κ2) is 9.31. The molecular formula is C21H25N3O5S2. The lowest BCUT2D eigenvalue weighted by Crippen LogP contribution is -2.37. The van der Waals surface area contributed by atoms with E-state index >= 15 is 0 Å². The van der Waals surface area contributed by atoms with Gasteiger partial charge in [-0.25, -0.2) is 21.8 Å². The van der Waals surface area contributed by atoms with Crippen molar-refractivity contribution in [3.05, 3.63) is 60.3 Å². The highest BCUT2D eigenvalue weighted by Crippen LogP contribution is 2.32. The van der Waals surface area contributed by atoms with E-state index in [1.54, 1.807) is 31.2 Å². The number of pyridine rings is 1. The average molecular weight is 464 g/mol. The summed E-state index contributed by atoms with van der Waals surface area (Å²) in [5.74, 6) is -0.630. The zero-order valence-corrected chi connectivity index (χ0v) is 18.7. The van der Waals surface area contributed by atoms with E-state index in [0.29, 0.717) is 22.8 Å². The molecule has 0 radical (unpaired) electrons. The summed E-state index contributed by atoms with van der Waals surface area (Å²) in [6, 6.07) is 12.5. The molecule has 0 unspecified atom stereocenters. The number of aryl methyl sites for hydroxylation is 1. The van der Waals surface area contributed by atoms with Gasteiger partial charge >= 0.3 is 0 Å². The fourth-order valence-electron chi connectivity index (χ4n) is 3.36. The van der Waals surface area contributed by atoms with Crippen LogP contribution in [-0.2, 0) is 19.9 Å². The normalized spacial score (nSPS) is 12.5. The number of fused-ring (bicyclic) bond motifs is 1. The summed E-state index contributed by atoms with van der Waals surface area (Å²) in [5, 5.41) is 10.8. The number of sulfonamides is 1. The average Bonchev–Trinajstić information content (AvgIpc) is 2.76.